The van der Waals surface area contributed by atoms with Crippen molar-refractivity contribution in [3.63, 3.8) is 0 Å². The van der Waals surface area contributed by atoms with Crippen LogP contribution in [0.25, 0.3) is 0 Å². The summed E-state index contributed by atoms with van der Waals surface area (Å²) in [6.45, 7) is 13.7. The average molecular weight is 447 g/mol. The summed E-state index contributed by atoms with van der Waals surface area (Å²) in [5.74, 6) is 2.34. The van der Waals surface area contributed by atoms with Crippen LogP contribution in [-0.2, 0) is 4.79 Å². The van der Waals surface area contributed by atoms with E-state index in [4.69, 9.17) is 0 Å². The van der Waals surface area contributed by atoms with E-state index in [0.29, 0.717) is 36.5 Å². The maximum atomic E-state index is 13.3. The van der Waals surface area contributed by atoms with E-state index < -0.39 is 17.8 Å². The van der Waals surface area contributed by atoms with Crippen molar-refractivity contribution in [2.24, 2.45) is 46.3 Å². The molecule has 0 aromatic rings. The summed E-state index contributed by atoms with van der Waals surface area (Å²) in [6.07, 6.45) is 7.03. The largest absolute Gasteiger partial charge is 0.390 e. The van der Waals surface area contributed by atoms with Gasteiger partial charge in [-0.15, -0.1) is 0 Å². The lowest BCUT2D eigenvalue weighted by atomic mass is 9.46. The third kappa shape index (κ3) is 3.46. The Morgan fingerprint density at radius 1 is 1.00 bits per heavy atom. The zero-order valence-electron chi connectivity index (χ0n) is 21.1. The molecule has 4 aliphatic carbocycles. The first-order chi connectivity index (χ1) is 14.8. The number of carbonyl (C=O) groups excluding carboxylic acids is 1. The highest BCUT2D eigenvalue weighted by molar-refractivity contribution is 5.95. The molecule has 0 aromatic heterocycles. The van der Waals surface area contributed by atoms with Crippen LogP contribution in [0.1, 0.15) is 92.9 Å². The molecule has 4 aliphatic rings. The second-order valence-electron chi connectivity index (χ2n) is 12.9. The minimum absolute atomic E-state index is 0.0460. The van der Waals surface area contributed by atoms with Gasteiger partial charge in [0.25, 0.3) is 0 Å². The van der Waals surface area contributed by atoms with Crippen LogP contribution in [0.4, 0.5) is 0 Å². The Kier molecular flexibility index (Phi) is 6.26. The zero-order valence-corrected chi connectivity index (χ0v) is 21.1. The van der Waals surface area contributed by atoms with Crippen LogP contribution in [-0.4, -0.2) is 38.9 Å². The van der Waals surface area contributed by atoms with Crippen molar-refractivity contribution in [2.75, 3.05) is 0 Å². The number of allylic oxidation sites excluding steroid dienone is 1. The molecule has 3 N–H and O–H groups in total. The SMILES string of the molecule is CC(C)[C@H](C)CC[C@@H](C)[C@H]1CC[C@@]2(O)C3=CC(=O)[C@@H]4C[C@@H](O)[C@@H](O)C[C@]4(C)[C@H]3CC[C@]12C. The molecule has 4 heteroatoms. The Morgan fingerprint density at radius 3 is 2.34 bits per heavy atom. The summed E-state index contributed by atoms with van der Waals surface area (Å²) in [5, 5.41) is 33.0. The molecule has 0 aromatic carbocycles. The van der Waals surface area contributed by atoms with Gasteiger partial charge in [0.1, 0.15) is 0 Å². The van der Waals surface area contributed by atoms with E-state index in [9.17, 15) is 20.1 Å². The van der Waals surface area contributed by atoms with E-state index in [1.54, 1.807) is 6.08 Å². The van der Waals surface area contributed by atoms with Gasteiger partial charge in [0.05, 0.1) is 17.8 Å². The molecule has 3 fully saturated rings. The molecule has 0 aliphatic heterocycles. The van der Waals surface area contributed by atoms with Crippen LogP contribution in [0, 0.1) is 46.3 Å². The second kappa shape index (κ2) is 8.20. The number of hydrogen-bond donors (Lipinski definition) is 3. The van der Waals surface area contributed by atoms with Crippen molar-refractivity contribution in [2.45, 2.75) is 111 Å². The fraction of sp³-hybridized carbons (Fsp3) is 0.893. The standard InChI is InChI=1S/C28H46O4/c1-16(2)17(3)7-8-18(4)19-10-12-28(32)21-13-23(29)22-14-24(30)25(31)15-26(22,5)20(21)9-11-27(19,28)6/h13,16-20,22,24-25,30-32H,7-12,14-15H2,1-6H3/t17-,18-,19-,20+,22+,24-,25+,26-,27-,28-/m1/s1. The molecular formula is C28H46O4. The highest BCUT2D eigenvalue weighted by Crippen LogP contribution is 2.68. The Morgan fingerprint density at radius 2 is 1.69 bits per heavy atom. The van der Waals surface area contributed by atoms with Crippen molar-refractivity contribution < 1.29 is 20.1 Å². The summed E-state index contributed by atoms with van der Waals surface area (Å²) >= 11 is 0. The molecule has 0 radical (unpaired) electrons. The predicted octanol–water partition coefficient (Wildman–Crippen LogP) is 4.90. The van der Waals surface area contributed by atoms with Gasteiger partial charge in [-0.1, -0.05) is 54.4 Å². The highest BCUT2D eigenvalue weighted by Gasteiger charge is 2.66. The van der Waals surface area contributed by atoms with Gasteiger partial charge >= 0.3 is 0 Å². The van der Waals surface area contributed by atoms with Gasteiger partial charge < -0.3 is 15.3 Å². The summed E-state index contributed by atoms with van der Waals surface area (Å²) in [7, 11) is 0. The van der Waals surface area contributed by atoms with Crippen molar-refractivity contribution in [3.05, 3.63) is 11.6 Å². The number of rotatable bonds is 5. The Bertz CT molecular complexity index is 773. The van der Waals surface area contributed by atoms with Gasteiger partial charge in [0.2, 0.25) is 0 Å². The van der Waals surface area contributed by atoms with Crippen LogP contribution in [0.15, 0.2) is 11.6 Å². The van der Waals surface area contributed by atoms with Crippen LogP contribution in [0.2, 0.25) is 0 Å². The van der Waals surface area contributed by atoms with E-state index in [1.807, 2.05) is 0 Å². The van der Waals surface area contributed by atoms with E-state index >= 15 is 0 Å². The minimum atomic E-state index is -0.927. The van der Waals surface area contributed by atoms with E-state index in [2.05, 4.69) is 41.5 Å². The van der Waals surface area contributed by atoms with Crippen LogP contribution >= 0.6 is 0 Å². The minimum Gasteiger partial charge on any atom is -0.390 e. The smallest absolute Gasteiger partial charge is 0.159 e. The van der Waals surface area contributed by atoms with Crippen molar-refractivity contribution >= 4 is 5.78 Å². The Labute approximate surface area is 194 Å². The van der Waals surface area contributed by atoms with Gasteiger partial charge in [0, 0.05) is 11.3 Å². The lowest BCUT2D eigenvalue weighted by Crippen LogP contribution is -2.60. The van der Waals surface area contributed by atoms with Crippen molar-refractivity contribution in [1.82, 2.24) is 0 Å². The number of fused-ring (bicyclic) bond motifs is 5. The number of hydrogen-bond acceptors (Lipinski definition) is 4. The first kappa shape index (κ1) is 24.4. The second-order valence-corrected chi connectivity index (χ2v) is 12.9. The third-order valence-corrected chi connectivity index (χ3v) is 11.1. The first-order valence-electron chi connectivity index (χ1n) is 13.2. The summed E-state index contributed by atoms with van der Waals surface area (Å²) in [6, 6.07) is 0. The molecule has 3 saturated carbocycles. The maximum absolute atomic E-state index is 13.3. The number of carbonyl (C=O) groups is 1. The number of aliphatic hydroxyl groups excluding tert-OH is 2. The first-order valence-corrected chi connectivity index (χ1v) is 13.2. The molecule has 4 nitrogen and oxygen atoms in total. The topological polar surface area (TPSA) is 77.8 Å². The van der Waals surface area contributed by atoms with Crippen LogP contribution < -0.4 is 0 Å². The maximum Gasteiger partial charge on any atom is 0.159 e. The average Bonchev–Trinajstić information content (AvgIpc) is 3.00. The quantitative estimate of drug-likeness (QED) is 0.561. The van der Waals surface area contributed by atoms with E-state index in [1.165, 1.54) is 12.8 Å². The monoisotopic (exact) mass is 446 g/mol. The van der Waals surface area contributed by atoms with Gasteiger partial charge in [-0.25, -0.2) is 0 Å². The molecule has 0 amide bonds. The molecule has 0 saturated heterocycles. The molecule has 0 unspecified atom stereocenters. The molecule has 4 rings (SSSR count). The lowest BCUT2D eigenvalue weighted by Gasteiger charge is -2.60. The molecule has 0 heterocycles. The Hall–Kier alpha value is -0.710. The molecule has 182 valence electrons. The van der Waals surface area contributed by atoms with Crippen molar-refractivity contribution in [3.8, 4) is 0 Å². The molecule has 10 atom stereocenters. The summed E-state index contributed by atoms with van der Waals surface area (Å²) in [5.41, 5.74) is -0.563. The fourth-order valence-electron chi connectivity index (χ4n) is 8.38. The van der Waals surface area contributed by atoms with E-state index in [-0.39, 0.29) is 28.4 Å². The summed E-state index contributed by atoms with van der Waals surface area (Å²) < 4.78 is 0. The van der Waals surface area contributed by atoms with Gasteiger partial charge in [-0.3, -0.25) is 4.79 Å². The normalized spacial score (nSPS) is 48.0. The molecule has 0 bridgehead atoms. The zero-order chi connectivity index (χ0) is 23.6. The predicted molar refractivity (Wildman–Crippen MR) is 127 cm³/mol. The van der Waals surface area contributed by atoms with Gasteiger partial charge in [-0.05, 0) is 85.2 Å². The summed E-state index contributed by atoms with van der Waals surface area (Å²) in [4.78, 5) is 13.3. The van der Waals surface area contributed by atoms with Crippen molar-refractivity contribution in [1.29, 1.82) is 0 Å². The van der Waals surface area contributed by atoms with E-state index in [0.717, 1.165) is 31.3 Å². The number of aliphatic hydroxyl groups is 3. The fourth-order valence-corrected chi connectivity index (χ4v) is 8.38. The highest BCUT2D eigenvalue weighted by atomic mass is 16.3. The molecule has 0 spiro atoms. The molecule has 32 heavy (non-hydrogen) atoms. The third-order valence-electron chi connectivity index (χ3n) is 11.1. The van der Waals surface area contributed by atoms with Gasteiger partial charge in [0.15, 0.2) is 5.78 Å². The Balaban J connectivity index is 1.61. The molecular weight excluding hydrogens is 400 g/mol. The van der Waals surface area contributed by atoms with Crippen LogP contribution in [0.5, 0.6) is 0 Å². The number of ketones is 1. The van der Waals surface area contributed by atoms with Gasteiger partial charge in [-0.2, -0.15) is 0 Å². The lowest BCUT2D eigenvalue weighted by molar-refractivity contribution is -0.153. The van der Waals surface area contributed by atoms with Crippen LogP contribution in [0.3, 0.4) is 0 Å².